The van der Waals surface area contributed by atoms with Crippen molar-refractivity contribution < 1.29 is 13.9 Å². The molecule has 0 aliphatic carbocycles. The summed E-state index contributed by atoms with van der Waals surface area (Å²) in [7, 11) is 1.73. The maximum Gasteiger partial charge on any atom is 0.221 e. The number of carbonyl (C=O) groups excluding carboxylic acids is 1. The molecule has 1 aliphatic rings. The Morgan fingerprint density at radius 2 is 1.96 bits per heavy atom. The maximum absolute atomic E-state index is 13.9. The van der Waals surface area contributed by atoms with E-state index in [0.29, 0.717) is 12.3 Å². The third kappa shape index (κ3) is 4.93. The van der Waals surface area contributed by atoms with Gasteiger partial charge in [0.1, 0.15) is 12.0 Å². The Labute approximate surface area is 160 Å². The van der Waals surface area contributed by atoms with E-state index in [1.54, 1.807) is 13.2 Å². The van der Waals surface area contributed by atoms with Crippen molar-refractivity contribution >= 4 is 11.6 Å². The molecule has 0 bridgehead atoms. The normalized spacial score (nSPS) is 20.4. The lowest BCUT2D eigenvalue weighted by molar-refractivity contribution is -0.114. The number of halogens is 1. The molecule has 2 aromatic carbocycles. The SMILES string of the molecule is COC1CC(c2ccccc2NC(C)=O)CCN1CCc1ccccc1F. The molecule has 3 rings (SSSR count). The Hall–Kier alpha value is -2.24. The summed E-state index contributed by atoms with van der Waals surface area (Å²) in [5.41, 5.74) is 2.78. The van der Waals surface area contributed by atoms with Crippen LogP contribution in [-0.4, -0.2) is 37.2 Å². The first-order chi connectivity index (χ1) is 13.1. The molecule has 2 aromatic rings. The summed E-state index contributed by atoms with van der Waals surface area (Å²) < 4.78 is 19.6. The van der Waals surface area contributed by atoms with Crippen LogP contribution in [0, 0.1) is 5.82 Å². The predicted octanol–water partition coefficient (Wildman–Crippen LogP) is 4.18. The van der Waals surface area contributed by atoms with Crippen LogP contribution >= 0.6 is 0 Å². The Kier molecular flexibility index (Phi) is 6.58. The standard InChI is InChI=1S/C22H27FN2O2/c1-16(26)24-21-10-6-4-8-19(21)18-12-14-25(22(15-18)27-2)13-11-17-7-3-5-9-20(17)23/h3-10,18,22H,11-15H2,1-2H3,(H,24,26). The van der Waals surface area contributed by atoms with Gasteiger partial charge in [-0.15, -0.1) is 0 Å². The summed E-state index contributed by atoms with van der Waals surface area (Å²) in [6.45, 7) is 3.17. The molecule has 0 radical (unpaired) electrons. The average molecular weight is 370 g/mol. The van der Waals surface area contributed by atoms with Gasteiger partial charge in [-0.2, -0.15) is 0 Å². The minimum absolute atomic E-state index is 0.0130. The summed E-state index contributed by atoms with van der Waals surface area (Å²) in [4.78, 5) is 13.8. The minimum atomic E-state index is -0.148. The highest BCUT2D eigenvalue weighted by atomic mass is 19.1. The monoisotopic (exact) mass is 370 g/mol. The first kappa shape index (κ1) is 19.5. The van der Waals surface area contributed by atoms with Crippen LogP contribution in [0.5, 0.6) is 0 Å². The molecule has 27 heavy (non-hydrogen) atoms. The van der Waals surface area contributed by atoms with E-state index in [1.165, 1.54) is 13.0 Å². The quantitative estimate of drug-likeness (QED) is 0.829. The van der Waals surface area contributed by atoms with Crippen LogP contribution in [0.1, 0.15) is 36.8 Å². The van der Waals surface area contributed by atoms with Crippen molar-refractivity contribution in [3.63, 3.8) is 0 Å². The van der Waals surface area contributed by atoms with Crippen LogP contribution < -0.4 is 5.32 Å². The second kappa shape index (κ2) is 9.11. The molecule has 1 N–H and O–H groups in total. The third-order valence-corrected chi connectivity index (χ3v) is 5.27. The first-order valence-corrected chi connectivity index (χ1v) is 9.45. The van der Waals surface area contributed by atoms with E-state index in [1.807, 2.05) is 30.3 Å². The highest BCUT2D eigenvalue weighted by Crippen LogP contribution is 2.35. The zero-order valence-electron chi connectivity index (χ0n) is 16.0. The van der Waals surface area contributed by atoms with E-state index in [0.717, 1.165) is 42.7 Å². The van der Waals surface area contributed by atoms with Crippen molar-refractivity contribution in [2.45, 2.75) is 38.3 Å². The molecule has 0 spiro atoms. The Bertz CT molecular complexity index is 780. The molecule has 4 nitrogen and oxygen atoms in total. The van der Waals surface area contributed by atoms with Gasteiger partial charge in [-0.1, -0.05) is 36.4 Å². The van der Waals surface area contributed by atoms with Crippen molar-refractivity contribution in [1.82, 2.24) is 4.90 Å². The number of nitrogens with zero attached hydrogens (tertiary/aromatic N) is 1. The summed E-state index contributed by atoms with van der Waals surface area (Å²) >= 11 is 0. The van der Waals surface area contributed by atoms with Gasteiger partial charge >= 0.3 is 0 Å². The van der Waals surface area contributed by atoms with Crippen molar-refractivity contribution in [3.05, 3.63) is 65.5 Å². The largest absolute Gasteiger partial charge is 0.366 e. The second-order valence-corrected chi connectivity index (χ2v) is 7.06. The molecule has 2 unspecified atom stereocenters. The van der Waals surface area contributed by atoms with Crippen LogP contribution in [0.4, 0.5) is 10.1 Å². The van der Waals surface area contributed by atoms with Crippen LogP contribution in [0.3, 0.4) is 0 Å². The molecule has 1 heterocycles. The molecule has 5 heteroatoms. The number of hydrogen-bond acceptors (Lipinski definition) is 3. The van der Waals surface area contributed by atoms with Gasteiger partial charge in [-0.05, 0) is 48.4 Å². The Balaban J connectivity index is 1.66. The Morgan fingerprint density at radius 1 is 1.22 bits per heavy atom. The van der Waals surface area contributed by atoms with Crippen molar-refractivity contribution in [2.24, 2.45) is 0 Å². The molecule has 2 atom stereocenters. The topological polar surface area (TPSA) is 41.6 Å². The molecule has 1 aliphatic heterocycles. The van der Waals surface area contributed by atoms with Crippen LogP contribution in [0.15, 0.2) is 48.5 Å². The van der Waals surface area contributed by atoms with E-state index in [2.05, 4.69) is 16.3 Å². The fraction of sp³-hybridized carbons (Fsp3) is 0.409. The number of nitrogens with one attached hydrogen (secondary N) is 1. The second-order valence-electron chi connectivity index (χ2n) is 7.06. The predicted molar refractivity (Wildman–Crippen MR) is 105 cm³/mol. The number of carbonyl (C=O) groups is 1. The summed E-state index contributed by atoms with van der Waals surface area (Å²) in [5, 5.41) is 2.93. The van der Waals surface area contributed by atoms with Crippen LogP contribution in [0.2, 0.25) is 0 Å². The fourth-order valence-corrected chi connectivity index (χ4v) is 3.88. The number of anilines is 1. The summed E-state index contributed by atoms with van der Waals surface area (Å²) in [6.07, 6.45) is 2.48. The lowest BCUT2D eigenvalue weighted by Gasteiger charge is -2.39. The summed E-state index contributed by atoms with van der Waals surface area (Å²) in [6, 6.07) is 14.9. The van der Waals surface area contributed by atoms with Crippen LogP contribution in [-0.2, 0) is 16.0 Å². The molecule has 0 saturated carbocycles. The lowest BCUT2D eigenvalue weighted by Crippen LogP contribution is -2.44. The smallest absolute Gasteiger partial charge is 0.221 e. The first-order valence-electron chi connectivity index (χ1n) is 9.45. The van der Waals surface area contributed by atoms with Gasteiger partial charge in [0, 0.05) is 32.8 Å². The molecule has 1 fully saturated rings. The van der Waals surface area contributed by atoms with Gasteiger partial charge in [-0.3, -0.25) is 9.69 Å². The number of hydrogen-bond donors (Lipinski definition) is 1. The number of ether oxygens (including phenoxy) is 1. The highest BCUT2D eigenvalue weighted by Gasteiger charge is 2.30. The van der Waals surface area contributed by atoms with Gasteiger partial charge in [0.2, 0.25) is 5.91 Å². The third-order valence-electron chi connectivity index (χ3n) is 5.27. The molecule has 1 amide bonds. The van der Waals surface area contributed by atoms with Gasteiger partial charge < -0.3 is 10.1 Å². The lowest BCUT2D eigenvalue weighted by atomic mass is 9.87. The zero-order valence-corrected chi connectivity index (χ0v) is 16.0. The fourth-order valence-electron chi connectivity index (χ4n) is 3.88. The van der Waals surface area contributed by atoms with E-state index in [9.17, 15) is 9.18 Å². The number of para-hydroxylation sites is 1. The van der Waals surface area contributed by atoms with Crippen molar-refractivity contribution in [1.29, 1.82) is 0 Å². The van der Waals surface area contributed by atoms with Crippen molar-refractivity contribution in [2.75, 3.05) is 25.5 Å². The average Bonchev–Trinajstić information content (AvgIpc) is 2.67. The van der Waals surface area contributed by atoms with E-state index in [-0.39, 0.29) is 18.0 Å². The molecular weight excluding hydrogens is 343 g/mol. The zero-order chi connectivity index (χ0) is 19.2. The number of likely N-dealkylation sites (tertiary alicyclic amines) is 1. The van der Waals surface area contributed by atoms with E-state index >= 15 is 0 Å². The van der Waals surface area contributed by atoms with Crippen molar-refractivity contribution in [3.8, 4) is 0 Å². The number of methoxy groups -OCH3 is 1. The maximum atomic E-state index is 13.9. The number of amides is 1. The minimum Gasteiger partial charge on any atom is -0.366 e. The highest BCUT2D eigenvalue weighted by molar-refractivity contribution is 5.89. The van der Waals surface area contributed by atoms with E-state index < -0.39 is 0 Å². The van der Waals surface area contributed by atoms with Gasteiger partial charge in [0.25, 0.3) is 0 Å². The molecule has 0 aromatic heterocycles. The van der Waals surface area contributed by atoms with Gasteiger partial charge in [-0.25, -0.2) is 4.39 Å². The van der Waals surface area contributed by atoms with Crippen LogP contribution in [0.25, 0.3) is 0 Å². The number of rotatable bonds is 6. The van der Waals surface area contributed by atoms with Gasteiger partial charge in [0.15, 0.2) is 0 Å². The number of benzene rings is 2. The molecular formula is C22H27FN2O2. The van der Waals surface area contributed by atoms with Gasteiger partial charge in [0.05, 0.1) is 0 Å². The summed E-state index contributed by atoms with van der Waals surface area (Å²) in [5.74, 6) is 0.112. The Morgan fingerprint density at radius 3 is 2.70 bits per heavy atom. The molecule has 1 saturated heterocycles. The van der Waals surface area contributed by atoms with E-state index in [4.69, 9.17) is 4.74 Å². The number of piperidine rings is 1. The molecule has 144 valence electrons.